The Labute approximate surface area is 68.6 Å². The highest BCUT2D eigenvalue weighted by atomic mass is 14.0. The third-order valence-electron chi connectivity index (χ3n) is 0.289. The summed E-state index contributed by atoms with van der Waals surface area (Å²) in [6.07, 6.45) is 4.21. The van der Waals surface area contributed by atoms with Crippen molar-refractivity contribution >= 4 is 0 Å². The maximum atomic E-state index is 3.48. The van der Waals surface area contributed by atoms with Gasteiger partial charge in [-0.15, -0.1) is 6.58 Å². The molecular weight excluding hydrogens is 122 g/mol. The standard InChI is InChI=1S/C4H8.C3H8.C2H6.H3N.H2/c1-3-4-2;1-3-2;1-2;;/h3H,1,4H2,2H3;3H2,1-2H3;1-2H3;1H3;1H. The van der Waals surface area contributed by atoms with E-state index in [1.54, 1.807) is 0 Å². The third kappa shape index (κ3) is 705. The van der Waals surface area contributed by atoms with Gasteiger partial charge in [0, 0.05) is 1.43 Å². The van der Waals surface area contributed by atoms with Gasteiger partial charge in [0.1, 0.15) is 0 Å². The summed E-state index contributed by atoms with van der Waals surface area (Å²) in [6.45, 7) is 13.8. The zero-order valence-electron chi connectivity index (χ0n) is 8.41. The van der Waals surface area contributed by atoms with E-state index in [4.69, 9.17) is 0 Å². The van der Waals surface area contributed by atoms with Crippen molar-refractivity contribution in [1.29, 1.82) is 0 Å². The summed E-state index contributed by atoms with van der Waals surface area (Å²) in [4.78, 5) is 0. The van der Waals surface area contributed by atoms with Crippen molar-refractivity contribution in [2.75, 3.05) is 0 Å². The molecule has 0 heterocycles. The molecule has 0 spiro atoms. The lowest BCUT2D eigenvalue weighted by molar-refractivity contribution is 1.09. The summed E-state index contributed by atoms with van der Waals surface area (Å²) in [5, 5.41) is 0. The van der Waals surface area contributed by atoms with Crippen LogP contribution in [0.5, 0.6) is 0 Å². The molecule has 68 valence electrons. The molecule has 0 saturated carbocycles. The molecule has 0 saturated heterocycles. The molecule has 0 aromatic rings. The summed E-state index contributed by atoms with van der Waals surface area (Å²) in [5.41, 5.74) is 0. The van der Waals surface area contributed by atoms with Gasteiger partial charge in [-0.1, -0.05) is 47.1 Å². The van der Waals surface area contributed by atoms with Crippen molar-refractivity contribution in [3.05, 3.63) is 12.7 Å². The first-order valence-corrected chi connectivity index (χ1v) is 3.94. The van der Waals surface area contributed by atoms with E-state index in [0.717, 1.165) is 6.42 Å². The Morgan fingerprint density at radius 2 is 1.30 bits per heavy atom. The van der Waals surface area contributed by atoms with Crippen molar-refractivity contribution in [2.45, 2.75) is 47.5 Å². The lowest BCUT2D eigenvalue weighted by atomic mass is 10.5. The largest absolute Gasteiger partial charge is 0.344 e. The first-order valence-electron chi connectivity index (χ1n) is 3.94. The van der Waals surface area contributed by atoms with Gasteiger partial charge in [0.2, 0.25) is 0 Å². The first-order chi connectivity index (χ1) is 4.33. The normalized spacial score (nSPS) is 4.90. The molecule has 1 heteroatoms. The van der Waals surface area contributed by atoms with E-state index in [0.29, 0.717) is 0 Å². The molecule has 0 aliphatic rings. The number of rotatable bonds is 1. The molecule has 0 amide bonds. The minimum absolute atomic E-state index is 0. The zero-order chi connectivity index (χ0) is 8.12. The molecule has 0 aromatic carbocycles. The molecule has 0 fully saturated rings. The number of allylic oxidation sites excluding steroid dienone is 1. The Morgan fingerprint density at radius 3 is 1.30 bits per heavy atom. The van der Waals surface area contributed by atoms with E-state index in [1.807, 2.05) is 19.9 Å². The van der Waals surface area contributed by atoms with Gasteiger partial charge in [0.05, 0.1) is 0 Å². The molecule has 0 bridgehead atoms. The van der Waals surface area contributed by atoms with Crippen molar-refractivity contribution in [3.8, 4) is 0 Å². The van der Waals surface area contributed by atoms with E-state index in [9.17, 15) is 0 Å². The Hall–Kier alpha value is -0.300. The van der Waals surface area contributed by atoms with Crippen LogP contribution in [0.3, 0.4) is 0 Å². The van der Waals surface area contributed by atoms with Crippen LogP contribution in [0.15, 0.2) is 12.7 Å². The number of hydrogen-bond acceptors (Lipinski definition) is 1. The van der Waals surface area contributed by atoms with E-state index < -0.39 is 0 Å². The molecule has 0 atom stereocenters. The fourth-order valence-corrected chi connectivity index (χ4v) is 0. The van der Waals surface area contributed by atoms with Crippen molar-refractivity contribution in [2.24, 2.45) is 0 Å². The highest BCUT2D eigenvalue weighted by Gasteiger charge is 1.45. The maximum absolute atomic E-state index is 3.48. The second kappa shape index (κ2) is 70.8. The molecule has 0 unspecified atom stereocenters. The molecule has 0 aromatic heterocycles. The van der Waals surface area contributed by atoms with Crippen LogP contribution < -0.4 is 6.15 Å². The van der Waals surface area contributed by atoms with Gasteiger partial charge in [-0.3, -0.25) is 0 Å². The summed E-state index contributed by atoms with van der Waals surface area (Å²) in [5.74, 6) is 0. The van der Waals surface area contributed by atoms with Gasteiger partial charge in [-0.05, 0) is 6.42 Å². The van der Waals surface area contributed by atoms with Gasteiger partial charge in [-0.2, -0.15) is 0 Å². The van der Waals surface area contributed by atoms with Gasteiger partial charge in [0.25, 0.3) is 0 Å². The van der Waals surface area contributed by atoms with Crippen molar-refractivity contribution < 1.29 is 1.43 Å². The SMILES string of the molecule is C=CCC.CC.CCC.N.[HH]. The molecule has 1 nitrogen and oxygen atoms in total. The lowest BCUT2D eigenvalue weighted by Crippen LogP contribution is -1.36. The summed E-state index contributed by atoms with van der Waals surface area (Å²) in [7, 11) is 0. The van der Waals surface area contributed by atoms with Crippen LogP contribution in [0.25, 0.3) is 0 Å². The second-order valence-electron chi connectivity index (χ2n) is 1.40. The zero-order valence-corrected chi connectivity index (χ0v) is 8.41. The van der Waals surface area contributed by atoms with Gasteiger partial charge in [0.15, 0.2) is 0 Å². The van der Waals surface area contributed by atoms with Crippen LogP contribution in [0.1, 0.15) is 48.9 Å². The van der Waals surface area contributed by atoms with E-state index in [1.165, 1.54) is 6.42 Å². The maximum Gasteiger partial charge on any atom is 0 e. The van der Waals surface area contributed by atoms with Crippen LogP contribution in [-0.2, 0) is 0 Å². The molecule has 10 heavy (non-hydrogen) atoms. The predicted molar refractivity (Wildman–Crippen MR) is 54.9 cm³/mol. The average Bonchev–Trinajstić information content (AvgIpc) is 1.94. The Balaban J connectivity index is -0.0000000158. The predicted octanol–water partition coefficient (Wildman–Crippen LogP) is 4.43. The third-order valence-corrected chi connectivity index (χ3v) is 0.289. The van der Waals surface area contributed by atoms with Crippen LogP contribution >= 0.6 is 0 Å². The number of hydrogen-bond donors (Lipinski definition) is 1. The molecule has 3 N–H and O–H groups in total. The van der Waals surface area contributed by atoms with Crippen LogP contribution in [0.2, 0.25) is 0 Å². The van der Waals surface area contributed by atoms with Gasteiger partial charge in [-0.25, -0.2) is 0 Å². The fraction of sp³-hybridized carbons (Fsp3) is 0.778. The Kier molecular flexibility index (Phi) is 160. The van der Waals surface area contributed by atoms with E-state index >= 15 is 0 Å². The van der Waals surface area contributed by atoms with Gasteiger partial charge < -0.3 is 6.15 Å². The lowest BCUT2D eigenvalue weighted by Gasteiger charge is -1.57. The van der Waals surface area contributed by atoms with Crippen LogP contribution in [0.4, 0.5) is 0 Å². The summed E-state index contributed by atoms with van der Waals surface area (Å²) < 4.78 is 0. The van der Waals surface area contributed by atoms with Crippen molar-refractivity contribution in [3.63, 3.8) is 0 Å². The van der Waals surface area contributed by atoms with Gasteiger partial charge >= 0.3 is 0 Å². The molecule has 0 radical (unpaired) electrons. The molecule has 0 rings (SSSR count). The highest BCUT2D eigenvalue weighted by molar-refractivity contribution is 4.60. The highest BCUT2D eigenvalue weighted by Crippen LogP contribution is 1.66. The Morgan fingerprint density at radius 1 is 1.20 bits per heavy atom. The van der Waals surface area contributed by atoms with Crippen molar-refractivity contribution in [1.82, 2.24) is 6.15 Å². The minimum atomic E-state index is 0. The Bertz CT molecular complexity index is 30.7. The molecular formula is C9H27N. The second-order valence-corrected chi connectivity index (χ2v) is 1.40. The van der Waals surface area contributed by atoms with E-state index in [2.05, 4.69) is 27.4 Å². The van der Waals surface area contributed by atoms with Crippen LogP contribution in [-0.4, -0.2) is 0 Å². The molecule has 0 aliphatic heterocycles. The topological polar surface area (TPSA) is 35.0 Å². The van der Waals surface area contributed by atoms with Crippen LogP contribution in [0, 0.1) is 0 Å². The monoisotopic (exact) mass is 149 g/mol. The fourth-order valence-electron chi connectivity index (χ4n) is 0. The quantitative estimate of drug-likeness (QED) is 0.550. The average molecular weight is 149 g/mol. The smallest absolute Gasteiger partial charge is 0 e. The first kappa shape index (κ1) is 22.6. The summed E-state index contributed by atoms with van der Waals surface area (Å²) in [6, 6.07) is 0. The summed E-state index contributed by atoms with van der Waals surface area (Å²) >= 11 is 0. The van der Waals surface area contributed by atoms with E-state index in [-0.39, 0.29) is 7.58 Å². The minimum Gasteiger partial charge on any atom is -0.344 e. The molecule has 0 aliphatic carbocycles.